The predicted octanol–water partition coefficient (Wildman–Crippen LogP) is 2.52. The Kier molecular flexibility index (Phi) is 2.42. The highest BCUT2D eigenvalue weighted by atomic mass is 16.6. The summed E-state index contributed by atoms with van der Waals surface area (Å²) in [6.07, 6.45) is 1.61. The second-order valence-corrected chi connectivity index (χ2v) is 4.10. The molecule has 0 saturated heterocycles. The van der Waals surface area contributed by atoms with Crippen LogP contribution in [0.5, 0.6) is 0 Å². The number of nitro groups is 1. The van der Waals surface area contributed by atoms with Gasteiger partial charge in [0.15, 0.2) is 0 Å². The summed E-state index contributed by atoms with van der Waals surface area (Å²) in [5.74, 6) is 0. The molecule has 1 heterocycles. The molecule has 0 aliphatic carbocycles. The molecule has 0 aliphatic rings. The number of aromatic nitrogens is 2. The van der Waals surface area contributed by atoms with E-state index < -0.39 is 4.92 Å². The molecule has 2 aromatic carbocycles. The fourth-order valence-electron chi connectivity index (χ4n) is 2.01. The molecule has 3 rings (SSSR count). The van der Waals surface area contributed by atoms with Crippen molar-refractivity contribution in [3.05, 3.63) is 58.9 Å². The number of hydrogen-bond acceptors (Lipinski definition) is 4. The zero-order valence-corrected chi connectivity index (χ0v) is 9.85. The smallest absolute Gasteiger partial charge is 0.271 e. The van der Waals surface area contributed by atoms with Crippen molar-refractivity contribution in [3.63, 3.8) is 0 Å². The Morgan fingerprint density at radius 2 is 2.00 bits per heavy atom. The first-order valence-corrected chi connectivity index (χ1v) is 5.63. The summed E-state index contributed by atoms with van der Waals surface area (Å²) < 4.78 is 1.81. The topological polar surface area (TPSA) is 87.0 Å². The third kappa shape index (κ3) is 1.79. The molecule has 0 atom stereocenters. The van der Waals surface area contributed by atoms with Crippen LogP contribution in [0.2, 0.25) is 0 Å². The summed E-state index contributed by atoms with van der Waals surface area (Å²) in [6.45, 7) is 0. The summed E-state index contributed by atoms with van der Waals surface area (Å²) >= 11 is 0. The maximum Gasteiger partial charge on any atom is 0.271 e. The zero-order valence-electron chi connectivity index (χ0n) is 9.85. The molecule has 0 aliphatic heterocycles. The number of fused-ring (bicyclic) bond motifs is 1. The van der Waals surface area contributed by atoms with E-state index in [1.165, 1.54) is 12.1 Å². The Morgan fingerprint density at radius 3 is 2.74 bits per heavy atom. The lowest BCUT2D eigenvalue weighted by Crippen LogP contribution is -1.97. The molecule has 6 heteroatoms. The molecule has 94 valence electrons. The van der Waals surface area contributed by atoms with E-state index in [4.69, 9.17) is 5.73 Å². The lowest BCUT2D eigenvalue weighted by atomic mass is 10.2. The number of anilines is 1. The van der Waals surface area contributed by atoms with Crippen molar-refractivity contribution in [2.24, 2.45) is 0 Å². The molecule has 0 spiro atoms. The van der Waals surface area contributed by atoms with Gasteiger partial charge in [-0.2, -0.15) is 0 Å². The minimum atomic E-state index is -0.435. The molecule has 0 saturated carbocycles. The average Bonchev–Trinajstić information content (AvgIpc) is 2.82. The van der Waals surface area contributed by atoms with E-state index in [2.05, 4.69) is 4.98 Å². The van der Waals surface area contributed by atoms with Gasteiger partial charge in [-0.1, -0.05) is 12.1 Å². The minimum absolute atomic E-state index is 0.0267. The van der Waals surface area contributed by atoms with E-state index in [0.717, 1.165) is 11.2 Å². The van der Waals surface area contributed by atoms with Gasteiger partial charge in [0.05, 0.1) is 27.3 Å². The van der Waals surface area contributed by atoms with Crippen LogP contribution < -0.4 is 5.73 Å². The van der Waals surface area contributed by atoms with Gasteiger partial charge < -0.3 is 5.73 Å². The number of nitrogens with two attached hydrogens (primary N) is 1. The number of hydrogen-bond donors (Lipinski definition) is 1. The molecule has 19 heavy (non-hydrogen) atoms. The molecule has 1 aromatic heterocycles. The Bertz CT molecular complexity index is 779. The number of imidazole rings is 1. The largest absolute Gasteiger partial charge is 0.397 e. The van der Waals surface area contributed by atoms with Gasteiger partial charge in [-0.15, -0.1) is 0 Å². The monoisotopic (exact) mass is 254 g/mol. The van der Waals surface area contributed by atoms with E-state index in [1.807, 2.05) is 22.8 Å². The van der Waals surface area contributed by atoms with Crippen molar-refractivity contribution in [2.45, 2.75) is 0 Å². The van der Waals surface area contributed by atoms with Crippen molar-refractivity contribution in [1.29, 1.82) is 0 Å². The van der Waals surface area contributed by atoms with Gasteiger partial charge in [-0.25, -0.2) is 4.98 Å². The van der Waals surface area contributed by atoms with Crippen molar-refractivity contribution in [2.75, 3.05) is 5.73 Å². The zero-order chi connectivity index (χ0) is 13.4. The first-order valence-electron chi connectivity index (χ1n) is 5.63. The van der Waals surface area contributed by atoms with E-state index in [-0.39, 0.29) is 5.69 Å². The van der Waals surface area contributed by atoms with Crippen LogP contribution in [-0.4, -0.2) is 14.5 Å². The molecule has 0 radical (unpaired) electrons. The molecule has 0 amide bonds. The molecule has 0 fully saturated rings. The van der Waals surface area contributed by atoms with Crippen molar-refractivity contribution < 1.29 is 4.92 Å². The molecular weight excluding hydrogens is 244 g/mol. The normalized spacial score (nSPS) is 10.7. The summed E-state index contributed by atoms with van der Waals surface area (Å²) in [4.78, 5) is 14.5. The van der Waals surface area contributed by atoms with Crippen LogP contribution in [0.15, 0.2) is 48.8 Å². The number of benzene rings is 2. The molecular formula is C13H10N4O2. The van der Waals surface area contributed by atoms with Gasteiger partial charge >= 0.3 is 0 Å². The number of rotatable bonds is 2. The molecule has 6 nitrogen and oxygen atoms in total. The Labute approximate surface area is 108 Å². The fraction of sp³-hybridized carbons (Fsp3) is 0. The maximum absolute atomic E-state index is 10.7. The van der Waals surface area contributed by atoms with Crippen molar-refractivity contribution in [3.8, 4) is 5.69 Å². The van der Waals surface area contributed by atoms with Crippen LogP contribution in [0.1, 0.15) is 0 Å². The number of nitrogens with zero attached hydrogens (tertiary/aromatic N) is 3. The van der Waals surface area contributed by atoms with E-state index in [0.29, 0.717) is 11.2 Å². The molecule has 0 unspecified atom stereocenters. The van der Waals surface area contributed by atoms with Crippen LogP contribution in [-0.2, 0) is 0 Å². The first-order chi connectivity index (χ1) is 9.16. The van der Waals surface area contributed by atoms with Crippen LogP contribution in [0.3, 0.4) is 0 Å². The van der Waals surface area contributed by atoms with Crippen LogP contribution in [0.4, 0.5) is 11.4 Å². The van der Waals surface area contributed by atoms with Crippen LogP contribution in [0, 0.1) is 10.1 Å². The molecule has 2 N–H and O–H groups in total. The summed E-state index contributed by atoms with van der Waals surface area (Å²) in [5.41, 5.74) is 8.73. The summed E-state index contributed by atoms with van der Waals surface area (Å²) in [6, 6.07) is 12.0. The van der Waals surface area contributed by atoms with E-state index in [9.17, 15) is 10.1 Å². The van der Waals surface area contributed by atoms with Gasteiger partial charge in [0.25, 0.3) is 5.69 Å². The first kappa shape index (κ1) is 11.2. The standard InChI is InChI=1S/C13H10N4O2/c14-10-3-1-2-4-12(10)16-8-15-11-7-9(17(18)19)5-6-13(11)16/h1-8H,14H2. The Hall–Kier alpha value is -2.89. The Balaban J connectivity index is 2.22. The van der Waals surface area contributed by atoms with E-state index in [1.54, 1.807) is 18.5 Å². The molecule has 3 aromatic rings. The Morgan fingerprint density at radius 1 is 1.21 bits per heavy atom. The maximum atomic E-state index is 10.7. The summed E-state index contributed by atoms with van der Waals surface area (Å²) in [5, 5.41) is 10.7. The SMILES string of the molecule is Nc1ccccc1-n1cnc2cc([N+](=O)[O-])ccc21. The fourth-order valence-corrected chi connectivity index (χ4v) is 2.01. The summed E-state index contributed by atoms with van der Waals surface area (Å²) in [7, 11) is 0. The minimum Gasteiger partial charge on any atom is -0.397 e. The van der Waals surface area contributed by atoms with Crippen LogP contribution in [0.25, 0.3) is 16.7 Å². The third-order valence-corrected chi connectivity index (χ3v) is 2.94. The van der Waals surface area contributed by atoms with Gasteiger partial charge in [-0.05, 0) is 18.2 Å². The predicted molar refractivity (Wildman–Crippen MR) is 72.1 cm³/mol. The number of non-ortho nitro benzene ring substituents is 1. The third-order valence-electron chi connectivity index (χ3n) is 2.94. The second-order valence-electron chi connectivity index (χ2n) is 4.10. The van der Waals surface area contributed by atoms with Gasteiger partial charge in [-0.3, -0.25) is 14.7 Å². The van der Waals surface area contributed by atoms with Crippen molar-refractivity contribution >= 4 is 22.4 Å². The van der Waals surface area contributed by atoms with E-state index >= 15 is 0 Å². The quantitative estimate of drug-likeness (QED) is 0.432. The van der Waals surface area contributed by atoms with Gasteiger partial charge in [0.1, 0.15) is 6.33 Å². The number of nitro benzene ring substituents is 1. The highest BCUT2D eigenvalue weighted by molar-refractivity contribution is 5.81. The lowest BCUT2D eigenvalue weighted by molar-refractivity contribution is -0.384. The average molecular weight is 254 g/mol. The van der Waals surface area contributed by atoms with Crippen molar-refractivity contribution in [1.82, 2.24) is 9.55 Å². The number of nitrogen functional groups attached to an aromatic ring is 1. The van der Waals surface area contributed by atoms with Gasteiger partial charge in [0, 0.05) is 12.1 Å². The second kappa shape index (κ2) is 4.09. The van der Waals surface area contributed by atoms with Crippen LogP contribution >= 0.6 is 0 Å². The highest BCUT2D eigenvalue weighted by Gasteiger charge is 2.11. The lowest BCUT2D eigenvalue weighted by Gasteiger charge is -2.07. The van der Waals surface area contributed by atoms with Gasteiger partial charge in [0.2, 0.25) is 0 Å². The number of para-hydroxylation sites is 2. The highest BCUT2D eigenvalue weighted by Crippen LogP contribution is 2.25. The molecule has 0 bridgehead atoms.